The normalized spacial score (nSPS) is 10.2. The molecule has 3 amide bonds. The summed E-state index contributed by atoms with van der Waals surface area (Å²) in [6, 6.07) is -0.504. The van der Waals surface area contributed by atoms with Crippen LogP contribution in [0, 0.1) is 0 Å². The van der Waals surface area contributed by atoms with Crippen molar-refractivity contribution in [2.45, 2.75) is 33.6 Å². The molecule has 0 aliphatic rings. The van der Waals surface area contributed by atoms with Crippen molar-refractivity contribution in [2.75, 3.05) is 32.8 Å². The summed E-state index contributed by atoms with van der Waals surface area (Å²) >= 11 is 0. The number of carbonyl (C=O) groups is 3. The second-order valence-corrected chi connectivity index (χ2v) is 4.27. The zero-order valence-electron chi connectivity index (χ0n) is 12.5. The molecule has 0 heterocycles. The predicted molar refractivity (Wildman–Crippen MR) is 75.2 cm³/mol. The van der Waals surface area contributed by atoms with Gasteiger partial charge in [0, 0.05) is 6.54 Å². The van der Waals surface area contributed by atoms with Crippen molar-refractivity contribution in [1.29, 1.82) is 0 Å². The van der Waals surface area contributed by atoms with Crippen LogP contribution in [-0.2, 0) is 14.3 Å². The minimum atomic E-state index is -0.504. The summed E-state index contributed by atoms with van der Waals surface area (Å²) in [5, 5.41) is 4.81. The van der Waals surface area contributed by atoms with Gasteiger partial charge in [-0.25, -0.2) is 4.79 Å². The third-order valence-corrected chi connectivity index (χ3v) is 2.54. The van der Waals surface area contributed by atoms with Crippen LogP contribution in [0.5, 0.6) is 0 Å². The van der Waals surface area contributed by atoms with Crippen molar-refractivity contribution in [1.82, 2.24) is 15.5 Å². The first kappa shape index (κ1) is 18.4. The van der Waals surface area contributed by atoms with Crippen LogP contribution in [0.25, 0.3) is 0 Å². The van der Waals surface area contributed by atoms with E-state index in [-0.39, 0.29) is 19.1 Å². The Morgan fingerprint density at radius 2 is 1.80 bits per heavy atom. The highest BCUT2D eigenvalue weighted by molar-refractivity contribution is 5.95. The zero-order valence-corrected chi connectivity index (χ0v) is 12.5. The van der Waals surface area contributed by atoms with Crippen molar-refractivity contribution >= 4 is 17.9 Å². The fourth-order valence-electron chi connectivity index (χ4n) is 1.46. The highest BCUT2D eigenvalue weighted by Crippen LogP contribution is 1.90. The average molecular weight is 287 g/mol. The Labute approximate surface area is 120 Å². The van der Waals surface area contributed by atoms with Crippen molar-refractivity contribution in [3.8, 4) is 0 Å². The maximum Gasteiger partial charge on any atom is 0.321 e. The van der Waals surface area contributed by atoms with E-state index in [0.29, 0.717) is 19.7 Å². The standard InChI is InChI=1S/C13H25N3O4/c1-4-7-8-14-13(19)15-11(17)9-16(5-2)10-12(18)20-6-3/h4-10H2,1-3H3,(H2,14,15,17,19). The number of imide groups is 1. The molecule has 0 bridgehead atoms. The molecule has 0 aromatic rings. The Morgan fingerprint density at radius 3 is 2.35 bits per heavy atom. The number of unbranched alkanes of at least 4 members (excludes halogenated alkanes) is 1. The van der Waals surface area contributed by atoms with Crippen molar-refractivity contribution in [2.24, 2.45) is 0 Å². The molecular weight excluding hydrogens is 262 g/mol. The number of esters is 1. The minimum Gasteiger partial charge on any atom is -0.465 e. The van der Waals surface area contributed by atoms with Gasteiger partial charge in [-0.3, -0.25) is 19.8 Å². The molecule has 0 aliphatic carbocycles. The van der Waals surface area contributed by atoms with Gasteiger partial charge in [-0.15, -0.1) is 0 Å². The Kier molecular flexibility index (Phi) is 10.3. The van der Waals surface area contributed by atoms with E-state index in [1.54, 1.807) is 11.8 Å². The van der Waals surface area contributed by atoms with Crippen LogP contribution in [0.1, 0.15) is 33.6 Å². The van der Waals surface area contributed by atoms with Gasteiger partial charge in [-0.2, -0.15) is 0 Å². The quantitative estimate of drug-likeness (QED) is 0.476. The number of nitrogens with zero attached hydrogens (tertiary/aromatic N) is 1. The van der Waals surface area contributed by atoms with E-state index in [0.717, 1.165) is 12.8 Å². The molecular formula is C13H25N3O4. The number of nitrogens with one attached hydrogen (secondary N) is 2. The number of urea groups is 1. The highest BCUT2D eigenvalue weighted by atomic mass is 16.5. The van der Waals surface area contributed by atoms with Gasteiger partial charge in [0.1, 0.15) is 0 Å². The summed E-state index contributed by atoms with van der Waals surface area (Å²) in [7, 11) is 0. The number of ether oxygens (including phenoxy) is 1. The van der Waals surface area contributed by atoms with Crippen LogP contribution >= 0.6 is 0 Å². The number of rotatable bonds is 9. The largest absolute Gasteiger partial charge is 0.465 e. The lowest BCUT2D eigenvalue weighted by atomic mass is 10.3. The second kappa shape index (κ2) is 11.2. The maximum atomic E-state index is 11.6. The molecule has 7 heteroatoms. The van der Waals surface area contributed by atoms with Gasteiger partial charge < -0.3 is 10.1 Å². The van der Waals surface area contributed by atoms with E-state index in [1.165, 1.54) is 0 Å². The van der Waals surface area contributed by atoms with Gasteiger partial charge in [0.15, 0.2) is 0 Å². The third-order valence-electron chi connectivity index (χ3n) is 2.54. The molecule has 0 spiro atoms. The number of amides is 3. The minimum absolute atomic E-state index is 0.0173. The topological polar surface area (TPSA) is 87.7 Å². The maximum absolute atomic E-state index is 11.6. The molecule has 0 saturated heterocycles. The van der Waals surface area contributed by atoms with Gasteiger partial charge in [-0.05, 0) is 19.9 Å². The summed E-state index contributed by atoms with van der Waals surface area (Å²) in [5.41, 5.74) is 0. The Bertz CT molecular complexity index is 321. The van der Waals surface area contributed by atoms with Crippen LogP contribution in [-0.4, -0.2) is 55.6 Å². The molecule has 0 aromatic carbocycles. The van der Waals surface area contributed by atoms with E-state index < -0.39 is 11.9 Å². The fraction of sp³-hybridized carbons (Fsp3) is 0.769. The molecule has 0 saturated carbocycles. The van der Waals surface area contributed by atoms with E-state index in [4.69, 9.17) is 4.74 Å². The van der Waals surface area contributed by atoms with E-state index >= 15 is 0 Å². The Hall–Kier alpha value is -1.63. The van der Waals surface area contributed by atoms with Crippen LogP contribution in [0.15, 0.2) is 0 Å². The highest BCUT2D eigenvalue weighted by Gasteiger charge is 2.15. The van der Waals surface area contributed by atoms with Crippen LogP contribution < -0.4 is 10.6 Å². The molecule has 0 radical (unpaired) electrons. The SMILES string of the molecule is CCCCNC(=O)NC(=O)CN(CC)CC(=O)OCC. The van der Waals surface area contributed by atoms with Crippen molar-refractivity contribution in [3.05, 3.63) is 0 Å². The lowest BCUT2D eigenvalue weighted by Crippen LogP contribution is -2.45. The van der Waals surface area contributed by atoms with Crippen LogP contribution in [0.2, 0.25) is 0 Å². The molecule has 0 fully saturated rings. The molecule has 7 nitrogen and oxygen atoms in total. The fourth-order valence-corrected chi connectivity index (χ4v) is 1.46. The molecule has 2 N–H and O–H groups in total. The lowest BCUT2D eigenvalue weighted by molar-refractivity contribution is -0.144. The van der Waals surface area contributed by atoms with Gasteiger partial charge in [0.25, 0.3) is 0 Å². The van der Waals surface area contributed by atoms with Gasteiger partial charge >= 0.3 is 12.0 Å². The number of carbonyl (C=O) groups excluding carboxylic acids is 3. The summed E-state index contributed by atoms with van der Waals surface area (Å²) in [5.74, 6) is -0.820. The number of hydrogen-bond acceptors (Lipinski definition) is 5. The Morgan fingerprint density at radius 1 is 1.10 bits per heavy atom. The first-order valence-corrected chi connectivity index (χ1v) is 6.99. The van der Waals surface area contributed by atoms with Crippen molar-refractivity contribution < 1.29 is 19.1 Å². The van der Waals surface area contributed by atoms with Crippen LogP contribution in [0.3, 0.4) is 0 Å². The third kappa shape index (κ3) is 9.32. The van der Waals surface area contributed by atoms with E-state index in [9.17, 15) is 14.4 Å². The molecule has 0 aromatic heterocycles. The average Bonchev–Trinajstić information content (AvgIpc) is 2.38. The number of likely N-dealkylation sites (N-methyl/N-ethyl adjacent to an activating group) is 1. The Balaban J connectivity index is 4.02. The summed E-state index contributed by atoms with van der Waals surface area (Å²) in [6.07, 6.45) is 1.84. The summed E-state index contributed by atoms with van der Waals surface area (Å²) in [6.45, 7) is 6.95. The smallest absolute Gasteiger partial charge is 0.321 e. The first-order valence-electron chi connectivity index (χ1n) is 6.99. The zero-order chi connectivity index (χ0) is 15.4. The monoisotopic (exact) mass is 287 g/mol. The van der Waals surface area contributed by atoms with Crippen molar-refractivity contribution in [3.63, 3.8) is 0 Å². The van der Waals surface area contributed by atoms with Gasteiger partial charge in [0.05, 0.1) is 19.7 Å². The molecule has 0 unspecified atom stereocenters. The summed E-state index contributed by atoms with van der Waals surface area (Å²) < 4.78 is 4.81. The molecule has 20 heavy (non-hydrogen) atoms. The van der Waals surface area contributed by atoms with Crippen LogP contribution in [0.4, 0.5) is 4.79 Å². The summed E-state index contributed by atoms with van der Waals surface area (Å²) in [4.78, 5) is 35.9. The lowest BCUT2D eigenvalue weighted by Gasteiger charge is -2.18. The molecule has 0 rings (SSSR count). The second-order valence-electron chi connectivity index (χ2n) is 4.27. The molecule has 0 aliphatic heterocycles. The van der Waals surface area contributed by atoms with E-state index in [2.05, 4.69) is 10.6 Å². The predicted octanol–water partition coefficient (Wildman–Crippen LogP) is 0.497. The first-order chi connectivity index (χ1) is 9.53. The number of hydrogen-bond donors (Lipinski definition) is 2. The van der Waals surface area contributed by atoms with E-state index in [1.807, 2.05) is 13.8 Å². The molecule has 116 valence electrons. The van der Waals surface area contributed by atoms with Gasteiger partial charge in [-0.1, -0.05) is 20.3 Å². The van der Waals surface area contributed by atoms with Gasteiger partial charge in [0.2, 0.25) is 5.91 Å². The molecule has 0 atom stereocenters.